The van der Waals surface area contributed by atoms with Crippen LogP contribution in [-0.2, 0) is 6.54 Å². The molecule has 1 aliphatic heterocycles. The van der Waals surface area contributed by atoms with Crippen LogP contribution >= 0.6 is 12.2 Å². The van der Waals surface area contributed by atoms with E-state index in [9.17, 15) is 4.39 Å². The average molecular weight is 282 g/mol. The molecule has 3 nitrogen and oxygen atoms in total. The molecule has 0 amide bonds. The summed E-state index contributed by atoms with van der Waals surface area (Å²) in [5.41, 5.74) is 6.91. The van der Waals surface area contributed by atoms with Crippen molar-refractivity contribution in [3.63, 3.8) is 0 Å². The molecule has 0 aliphatic carbocycles. The minimum atomic E-state index is -0.217. The maximum atomic E-state index is 13.8. The molecule has 0 radical (unpaired) electrons. The third kappa shape index (κ3) is 3.72. The van der Waals surface area contributed by atoms with Crippen molar-refractivity contribution in [3.05, 3.63) is 35.1 Å². The molecule has 104 valence electrons. The van der Waals surface area contributed by atoms with Crippen molar-refractivity contribution >= 4 is 17.2 Å². The maximum Gasteiger partial charge on any atom is 0.127 e. The van der Waals surface area contributed by atoms with Crippen LogP contribution in [0.5, 0.6) is 0 Å². The van der Waals surface area contributed by atoms with Crippen LogP contribution in [-0.4, -0.2) is 34.7 Å². The lowest BCUT2D eigenvalue weighted by atomic mass is 10.1. The van der Waals surface area contributed by atoms with E-state index in [0.717, 1.165) is 25.9 Å². The Kier molecular flexibility index (Phi) is 4.85. The Balaban J connectivity index is 2.03. The van der Waals surface area contributed by atoms with Gasteiger partial charge >= 0.3 is 0 Å². The fourth-order valence-electron chi connectivity index (χ4n) is 2.56. The van der Waals surface area contributed by atoms with Crippen LogP contribution in [0.2, 0.25) is 0 Å². The van der Waals surface area contributed by atoms with Crippen LogP contribution in [0.4, 0.5) is 4.39 Å². The van der Waals surface area contributed by atoms with Crippen molar-refractivity contribution in [2.45, 2.75) is 19.4 Å². The Morgan fingerprint density at radius 2 is 2.32 bits per heavy atom. The smallest absolute Gasteiger partial charge is 0.127 e. The molecule has 1 saturated heterocycles. The molecular formula is C14H19FN2OS. The molecule has 1 aliphatic rings. The Morgan fingerprint density at radius 1 is 1.53 bits per heavy atom. The first-order chi connectivity index (χ1) is 9.10. The van der Waals surface area contributed by atoms with Gasteiger partial charge in [-0.3, -0.25) is 4.90 Å². The number of hydrogen-bond donors (Lipinski definition) is 2. The second-order valence-electron chi connectivity index (χ2n) is 5.07. The van der Waals surface area contributed by atoms with E-state index in [1.54, 1.807) is 12.1 Å². The van der Waals surface area contributed by atoms with Crippen molar-refractivity contribution < 1.29 is 9.50 Å². The summed E-state index contributed by atoms with van der Waals surface area (Å²) in [6, 6.07) is 4.77. The van der Waals surface area contributed by atoms with Crippen LogP contribution in [0.1, 0.15) is 24.0 Å². The first kappa shape index (κ1) is 14.4. The molecule has 1 unspecified atom stereocenters. The number of hydrogen-bond acceptors (Lipinski definition) is 3. The lowest BCUT2D eigenvalue weighted by molar-refractivity contribution is 0.248. The Hall–Kier alpha value is -1.04. The van der Waals surface area contributed by atoms with Crippen molar-refractivity contribution in [1.82, 2.24) is 4.90 Å². The number of likely N-dealkylation sites (tertiary alicyclic amines) is 1. The summed E-state index contributed by atoms with van der Waals surface area (Å²) in [6.07, 6.45) is 1.89. The van der Waals surface area contributed by atoms with Gasteiger partial charge < -0.3 is 10.8 Å². The van der Waals surface area contributed by atoms with Gasteiger partial charge in [0.15, 0.2) is 0 Å². The number of rotatable bonds is 5. The summed E-state index contributed by atoms with van der Waals surface area (Å²) in [6.45, 7) is 2.66. The molecule has 0 bridgehead atoms. The third-order valence-electron chi connectivity index (χ3n) is 3.63. The van der Waals surface area contributed by atoms with E-state index < -0.39 is 0 Å². The molecular weight excluding hydrogens is 263 g/mol. The number of thiocarbonyl (C=S) groups is 1. The zero-order valence-corrected chi connectivity index (χ0v) is 11.6. The van der Waals surface area contributed by atoms with E-state index in [0.29, 0.717) is 28.6 Å². The van der Waals surface area contributed by atoms with Gasteiger partial charge in [0.1, 0.15) is 10.8 Å². The molecule has 0 aromatic heterocycles. The predicted molar refractivity (Wildman–Crippen MR) is 77.4 cm³/mol. The highest BCUT2D eigenvalue weighted by Crippen LogP contribution is 2.22. The standard InChI is InChI=1S/C14H19FN2OS/c15-13-2-1-11(14(16)19)7-12(13)9-17-5-3-10(8-17)4-6-18/h1-2,7,10,18H,3-6,8-9H2,(H2,16,19). The number of benzene rings is 1. The van der Waals surface area contributed by atoms with E-state index in [-0.39, 0.29) is 12.4 Å². The normalized spacial score (nSPS) is 19.8. The average Bonchev–Trinajstić information content (AvgIpc) is 2.80. The summed E-state index contributed by atoms with van der Waals surface area (Å²) in [4.78, 5) is 2.50. The van der Waals surface area contributed by atoms with E-state index in [4.69, 9.17) is 23.1 Å². The van der Waals surface area contributed by atoms with Gasteiger partial charge in [0.25, 0.3) is 0 Å². The van der Waals surface area contributed by atoms with E-state index in [1.165, 1.54) is 6.07 Å². The van der Waals surface area contributed by atoms with E-state index >= 15 is 0 Å². The van der Waals surface area contributed by atoms with Gasteiger partial charge in [0, 0.05) is 30.8 Å². The topological polar surface area (TPSA) is 49.5 Å². The van der Waals surface area contributed by atoms with Gasteiger partial charge in [0.05, 0.1) is 0 Å². The molecule has 1 heterocycles. The predicted octanol–water partition coefficient (Wildman–Crippen LogP) is 1.66. The summed E-state index contributed by atoms with van der Waals surface area (Å²) in [5, 5.41) is 8.94. The molecule has 3 N–H and O–H groups in total. The highest BCUT2D eigenvalue weighted by Gasteiger charge is 2.22. The fourth-order valence-corrected chi connectivity index (χ4v) is 2.69. The monoisotopic (exact) mass is 282 g/mol. The minimum absolute atomic E-state index is 0.217. The summed E-state index contributed by atoms with van der Waals surface area (Å²) in [5.74, 6) is 0.303. The Bertz CT molecular complexity index is 467. The number of aliphatic hydroxyl groups is 1. The molecule has 19 heavy (non-hydrogen) atoms. The Morgan fingerprint density at radius 3 is 3.00 bits per heavy atom. The molecule has 1 aromatic carbocycles. The molecule has 5 heteroatoms. The Labute approximate surface area is 118 Å². The molecule has 0 spiro atoms. The van der Waals surface area contributed by atoms with Crippen LogP contribution < -0.4 is 5.73 Å². The molecule has 1 aromatic rings. The zero-order chi connectivity index (χ0) is 13.8. The van der Waals surface area contributed by atoms with Crippen molar-refractivity contribution in [1.29, 1.82) is 0 Å². The summed E-state index contributed by atoms with van der Waals surface area (Å²) in [7, 11) is 0. The summed E-state index contributed by atoms with van der Waals surface area (Å²) >= 11 is 4.91. The van der Waals surface area contributed by atoms with Gasteiger partial charge in [0.2, 0.25) is 0 Å². The van der Waals surface area contributed by atoms with Gasteiger partial charge in [-0.25, -0.2) is 4.39 Å². The lowest BCUT2D eigenvalue weighted by Crippen LogP contribution is -2.21. The fraction of sp³-hybridized carbons (Fsp3) is 0.500. The van der Waals surface area contributed by atoms with Crippen LogP contribution in [0.3, 0.4) is 0 Å². The van der Waals surface area contributed by atoms with E-state index in [1.807, 2.05) is 0 Å². The molecule has 1 fully saturated rings. The third-order valence-corrected chi connectivity index (χ3v) is 3.87. The summed E-state index contributed by atoms with van der Waals surface area (Å²) < 4.78 is 13.8. The largest absolute Gasteiger partial charge is 0.396 e. The maximum absolute atomic E-state index is 13.8. The van der Waals surface area contributed by atoms with Gasteiger partial charge in [-0.1, -0.05) is 12.2 Å². The lowest BCUT2D eigenvalue weighted by Gasteiger charge is -2.17. The second kappa shape index (κ2) is 6.41. The molecule has 0 saturated carbocycles. The molecule has 1 atom stereocenters. The molecule has 2 rings (SSSR count). The first-order valence-electron chi connectivity index (χ1n) is 6.51. The first-order valence-corrected chi connectivity index (χ1v) is 6.92. The van der Waals surface area contributed by atoms with Gasteiger partial charge in [-0.2, -0.15) is 0 Å². The van der Waals surface area contributed by atoms with Crippen molar-refractivity contribution in [2.75, 3.05) is 19.7 Å². The van der Waals surface area contributed by atoms with Crippen molar-refractivity contribution in [2.24, 2.45) is 11.7 Å². The number of halogens is 1. The van der Waals surface area contributed by atoms with Crippen LogP contribution in [0.15, 0.2) is 18.2 Å². The van der Waals surface area contributed by atoms with E-state index in [2.05, 4.69) is 4.90 Å². The number of nitrogens with two attached hydrogens (primary N) is 1. The van der Waals surface area contributed by atoms with Crippen LogP contribution in [0.25, 0.3) is 0 Å². The second-order valence-corrected chi connectivity index (χ2v) is 5.51. The van der Waals surface area contributed by atoms with Gasteiger partial charge in [-0.05, 0) is 43.5 Å². The highest BCUT2D eigenvalue weighted by atomic mass is 32.1. The van der Waals surface area contributed by atoms with Gasteiger partial charge in [-0.15, -0.1) is 0 Å². The van der Waals surface area contributed by atoms with Crippen molar-refractivity contribution in [3.8, 4) is 0 Å². The number of nitrogens with zero attached hydrogens (tertiary/aromatic N) is 1. The quantitative estimate of drug-likeness (QED) is 0.807. The highest BCUT2D eigenvalue weighted by molar-refractivity contribution is 7.80. The minimum Gasteiger partial charge on any atom is -0.396 e. The zero-order valence-electron chi connectivity index (χ0n) is 10.8. The number of aliphatic hydroxyl groups excluding tert-OH is 1. The van der Waals surface area contributed by atoms with Crippen LogP contribution in [0, 0.1) is 11.7 Å². The SMILES string of the molecule is NC(=S)c1ccc(F)c(CN2CCC(CCO)C2)c1.